The predicted molar refractivity (Wildman–Crippen MR) is 102 cm³/mol. The van der Waals surface area contributed by atoms with Crippen molar-refractivity contribution in [2.24, 2.45) is 0 Å². The minimum absolute atomic E-state index is 0.206. The van der Waals surface area contributed by atoms with E-state index in [1.807, 2.05) is 0 Å². The smallest absolute Gasteiger partial charge is 0.338 e. The summed E-state index contributed by atoms with van der Waals surface area (Å²) in [7, 11) is 0. The molecular formula is C19H26ClNO6. The second kappa shape index (κ2) is 10.2. The monoisotopic (exact) mass is 399 g/mol. The van der Waals surface area contributed by atoms with Crippen LogP contribution in [-0.2, 0) is 23.8 Å². The minimum Gasteiger partial charge on any atom is -0.465 e. The Morgan fingerprint density at radius 3 is 1.96 bits per heavy atom. The molecule has 0 N–H and O–H groups in total. The van der Waals surface area contributed by atoms with Gasteiger partial charge in [-0.1, -0.05) is 11.6 Å². The first kappa shape index (κ1) is 22.8. The number of hydrogen-bond donors (Lipinski definition) is 0. The highest BCUT2D eigenvalue weighted by molar-refractivity contribution is 6.33. The van der Waals surface area contributed by atoms with E-state index < -0.39 is 23.5 Å². The van der Waals surface area contributed by atoms with Crippen LogP contribution in [0.5, 0.6) is 0 Å². The fourth-order valence-electron chi connectivity index (χ4n) is 2.17. The summed E-state index contributed by atoms with van der Waals surface area (Å²) in [5, 5.41) is 0.274. The fourth-order valence-corrected chi connectivity index (χ4v) is 2.41. The van der Waals surface area contributed by atoms with E-state index in [-0.39, 0.29) is 36.9 Å². The first-order valence-electron chi connectivity index (χ1n) is 8.66. The van der Waals surface area contributed by atoms with Crippen molar-refractivity contribution in [1.29, 1.82) is 0 Å². The molecule has 0 aliphatic heterocycles. The Labute approximate surface area is 164 Å². The molecule has 0 saturated carbocycles. The van der Waals surface area contributed by atoms with E-state index in [0.717, 1.165) is 0 Å². The molecular weight excluding hydrogens is 374 g/mol. The molecule has 0 radical (unpaired) electrons. The highest BCUT2D eigenvalue weighted by Crippen LogP contribution is 2.28. The van der Waals surface area contributed by atoms with Crippen molar-refractivity contribution in [3.05, 3.63) is 28.8 Å². The van der Waals surface area contributed by atoms with Gasteiger partial charge in [0.2, 0.25) is 0 Å². The lowest BCUT2D eigenvalue weighted by Crippen LogP contribution is -2.36. The Hall–Kier alpha value is -2.28. The average Bonchev–Trinajstić information content (AvgIpc) is 2.53. The zero-order valence-corrected chi connectivity index (χ0v) is 17.1. The largest absolute Gasteiger partial charge is 0.465 e. The summed E-state index contributed by atoms with van der Waals surface area (Å²) in [5.74, 6) is -1.59. The number of nitrogens with zero attached hydrogens (tertiary/aromatic N) is 1. The number of carbonyl (C=O) groups excluding carboxylic acids is 3. The quantitative estimate of drug-likeness (QED) is 0.490. The Morgan fingerprint density at radius 2 is 1.52 bits per heavy atom. The molecule has 0 aromatic heterocycles. The maximum atomic E-state index is 12.3. The molecule has 27 heavy (non-hydrogen) atoms. The lowest BCUT2D eigenvalue weighted by Gasteiger charge is -2.25. The van der Waals surface area contributed by atoms with Crippen LogP contribution >= 0.6 is 11.6 Å². The molecule has 1 rings (SSSR count). The fraction of sp³-hybridized carbons (Fsp3) is 0.526. The molecule has 0 heterocycles. The molecule has 0 aliphatic rings. The van der Waals surface area contributed by atoms with E-state index in [1.165, 1.54) is 23.1 Å². The summed E-state index contributed by atoms with van der Waals surface area (Å²) in [6.07, 6.45) is 0. The molecule has 0 unspecified atom stereocenters. The van der Waals surface area contributed by atoms with Gasteiger partial charge in [-0.05, 0) is 52.8 Å². The summed E-state index contributed by atoms with van der Waals surface area (Å²) < 4.78 is 15.3. The van der Waals surface area contributed by atoms with Crippen molar-refractivity contribution in [1.82, 2.24) is 0 Å². The first-order valence-corrected chi connectivity index (χ1v) is 9.04. The van der Waals surface area contributed by atoms with Gasteiger partial charge in [-0.3, -0.25) is 9.59 Å². The van der Waals surface area contributed by atoms with Gasteiger partial charge >= 0.3 is 17.9 Å². The van der Waals surface area contributed by atoms with E-state index in [4.69, 9.17) is 25.8 Å². The average molecular weight is 400 g/mol. The summed E-state index contributed by atoms with van der Waals surface area (Å²) in [4.78, 5) is 37.6. The molecule has 0 aliphatic carbocycles. The SMILES string of the molecule is CCOC(=O)CN(CC(=O)OCC)c1cc(C(=O)OC(C)(C)C)ccc1Cl. The molecule has 150 valence electrons. The molecule has 1 aromatic rings. The van der Waals surface area contributed by atoms with Gasteiger partial charge in [0.15, 0.2) is 0 Å². The standard InChI is InChI=1S/C19H26ClNO6/c1-6-25-16(22)11-21(12-17(23)26-7-2)15-10-13(8-9-14(15)20)18(24)27-19(3,4)5/h8-10H,6-7,11-12H2,1-5H3. The maximum absolute atomic E-state index is 12.3. The van der Waals surface area contributed by atoms with Crippen molar-refractivity contribution in [3.63, 3.8) is 0 Å². The molecule has 1 aromatic carbocycles. The van der Waals surface area contributed by atoms with Gasteiger partial charge in [0, 0.05) is 0 Å². The Morgan fingerprint density at radius 1 is 1.00 bits per heavy atom. The minimum atomic E-state index is -0.660. The van der Waals surface area contributed by atoms with Crippen molar-refractivity contribution in [2.45, 2.75) is 40.2 Å². The molecule has 0 bridgehead atoms. The number of carbonyl (C=O) groups is 3. The van der Waals surface area contributed by atoms with Crippen molar-refractivity contribution in [2.75, 3.05) is 31.2 Å². The Balaban J connectivity index is 3.18. The van der Waals surface area contributed by atoms with Crippen LogP contribution in [0.2, 0.25) is 5.02 Å². The zero-order chi connectivity index (χ0) is 20.6. The van der Waals surface area contributed by atoms with E-state index in [2.05, 4.69) is 0 Å². The number of anilines is 1. The number of esters is 3. The van der Waals surface area contributed by atoms with E-state index >= 15 is 0 Å². The van der Waals surface area contributed by atoms with Crippen molar-refractivity contribution >= 4 is 35.2 Å². The van der Waals surface area contributed by atoms with Gasteiger partial charge in [0.05, 0.1) is 29.5 Å². The highest BCUT2D eigenvalue weighted by atomic mass is 35.5. The topological polar surface area (TPSA) is 82.1 Å². The number of hydrogen-bond acceptors (Lipinski definition) is 7. The van der Waals surface area contributed by atoms with E-state index in [9.17, 15) is 14.4 Å². The summed E-state index contributed by atoms with van der Waals surface area (Å²) in [6.45, 7) is 8.62. The van der Waals surface area contributed by atoms with Crippen LogP contribution in [0, 0.1) is 0 Å². The molecule has 7 nitrogen and oxygen atoms in total. The third-order valence-corrected chi connectivity index (χ3v) is 3.49. The number of halogens is 1. The van der Waals surface area contributed by atoms with Crippen LogP contribution in [0.3, 0.4) is 0 Å². The maximum Gasteiger partial charge on any atom is 0.338 e. The molecule has 0 spiro atoms. The van der Waals surface area contributed by atoms with Gasteiger partial charge in [-0.2, -0.15) is 0 Å². The van der Waals surface area contributed by atoms with Crippen molar-refractivity contribution < 1.29 is 28.6 Å². The molecule has 8 heteroatoms. The van der Waals surface area contributed by atoms with Crippen LogP contribution in [0.4, 0.5) is 5.69 Å². The number of rotatable bonds is 8. The van der Waals surface area contributed by atoms with Crippen LogP contribution in [0.15, 0.2) is 18.2 Å². The molecule has 0 fully saturated rings. The molecule has 0 amide bonds. The summed E-state index contributed by atoms with van der Waals surface area (Å²) in [6, 6.07) is 4.52. The van der Waals surface area contributed by atoms with Crippen LogP contribution in [-0.4, -0.2) is 49.8 Å². The lowest BCUT2D eigenvalue weighted by atomic mass is 10.1. The second-order valence-electron chi connectivity index (χ2n) is 6.63. The first-order chi connectivity index (χ1) is 12.6. The molecule has 0 saturated heterocycles. The van der Waals surface area contributed by atoms with E-state index in [1.54, 1.807) is 34.6 Å². The van der Waals surface area contributed by atoms with Gasteiger partial charge in [-0.25, -0.2) is 4.79 Å². The van der Waals surface area contributed by atoms with Crippen molar-refractivity contribution in [3.8, 4) is 0 Å². The number of ether oxygens (including phenoxy) is 3. The van der Waals surface area contributed by atoms with Crippen LogP contribution < -0.4 is 4.90 Å². The van der Waals surface area contributed by atoms with Crippen LogP contribution in [0.1, 0.15) is 45.0 Å². The second-order valence-corrected chi connectivity index (χ2v) is 7.04. The number of benzene rings is 1. The summed E-state index contributed by atoms with van der Waals surface area (Å²) >= 11 is 6.25. The lowest BCUT2D eigenvalue weighted by molar-refractivity contribution is -0.142. The third-order valence-electron chi connectivity index (χ3n) is 3.17. The predicted octanol–water partition coefficient (Wildman–Crippen LogP) is 3.23. The van der Waals surface area contributed by atoms with Gasteiger partial charge in [0.1, 0.15) is 18.7 Å². The van der Waals surface area contributed by atoms with Gasteiger partial charge in [-0.15, -0.1) is 0 Å². The Bertz CT molecular complexity index is 663. The highest BCUT2D eigenvalue weighted by Gasteiger charge is 2.23. The third kappa shape index (κ3) is 7.86. The Kier molecular flexibility index (Phi) is 8.56. The zero-order valence-electron chi connectivity index (χ0n) is 16.3. The summed E-state index contributed by atoms with van der Waals surface area (Å²) in [5.41, 5.74) is -0.0740. The molecule has 0 atom stereocenters. The van der Waals surface area contributed by atoms with Crippen LogP contribution in [0.25, 0.3) is 0 Å². The normalized spacial score (nSPS) is 10.9. The van der Waals surface area contributed by atoms with Gasteiger partial charge < -0.3 is 19.1 Å². The van der Waals surface area contributed by atoms with E-state index in [0.29, 0.717) is 5.69 Å². The van der Waals surface area contributed by atoms with Gasteiger partial charge in [0.25, 0.3) is 0 Å².